The molecule has 6 heteroatoms. The maximum absolute atomic E-state index is 5.32. The van der Waals surface area contributed by atoms with E-state index in [0.29, 0.717) is 13.1 Å². The Morgan fingerprint density at radius 3 is 1.68 bits per heavy atom. The molecule has 2 aromatic heterocycles. The first kappa shape index (κ1) is 17.1. The van der Waals surface area contributed by atoms with Gasteiger partial charge in [0, 0.05) is 29.9 Å². The number of methoxy groups -OCH3 is 1. The standard InChI is InChI=1S/C19H23N3O3/c1-12-18(14(3)24-20-12)10-22(11-19-13(2)21-25-15(19)4)16-6-8-17(23-5)9-7-16/h6-9H,10-11H2,1-5H3. The van der Waals surface area contributed by atoms with E-state index in [0.717, 1.165) is 45.5 Å². The smallest absolute Gasteiger partial charge is 0.138 e. The lowest BCUT2D eigenvalue weighted by molar-refractivity contribution is 0.391. The molecule has 132 valence electrons. The topological polar surface area (TPSA) is 64.5 Å². The number of nitrogens with zero attached hydrogens (tertiary/aromatic N) is 3. The number of anilines is 1. The fourth-order valence-electron chi connectivity index (χ4n) is 2.87. The highest BCUT2D eigenvalue weighted by molar-refractivity contribution is 5.51. The largest absolute Gasteiger partial charge is 0.497 e. The lowest BCUT2D eigenvalue weighted by atomic mass is 10.1. The maximum atomic E-state index is 5.32. The van der Waals surface area contributed by atoms with Gasteiger partial charge < -0.3 is 18.7 Å². The van der Waals surface area contributed by atoms with E-state index in [-0.39, 0.29) is 0 Å². The molecule has 6 nitrogen and oxygen atoms in total. The van der Waals surface area contributed by atoms with Gasteiger partial charge in [0.1, 0.15) is 17.3 Å². The van der Waals surface area contributed by atoms with Crippen LogP contribution < -0.4 is 9.64 Å². The van der Waals surface area contributed by atoms with Gasteiger partial charge in [-0.05, 0) is 52.0 Å². The van der Waals surface area contributed by atoms with Crippen LogP contribution in [0.2, 0.25) is 0 Å². The van der Waals surface area contributed by atoms with Crippen molar-refractivity contribution < 1.29 is 13.8 Å². The maximum Gasteiger partial charge on any atom is 0.138 e. The first-order valence-electron chi connectivity index (χ1n) is 8.22. The number of rotatable bonds is 6. The SMILES string of the molecule is COc1ccc(N(Cc2c(C)noc2C)Cc2c(C)noc2C)cc1. The Morgan fingerprint density at radius 1 is 0.840 bits per heavy atom. The summed E-state index contributed by atoms with van der Waals surface area (Å²) in [5, 5.41) is 8.14. The number of aromatic nitrogens is 2. The molecule has 1 aromatic carbocycles. The zero-order valence-electron chi connectivity index (χ0n) is 15.3. The van der Waals surface area contributed by atoms with E-state index >= 15 is 0 Å². The molecule has 2 heterocycles. The molecule has 0 aliphatic heterocycles. The second-order valence-electron chi connectivity index (χ2n) is 6.16. The van der Waals surface area contributed by atoms with E-state index in [1.54, 1.807) is 7.11 Å². The van der Waals surface area contributed by atoms with Crippen molar-refractivity contribution in [3.8, 4) is 5.75 Å². The van der Waals surface area contributed by atoms with E-state index < -0.39 is 0 Å². The summed E-state index contributed by atoms with van der Waals surface area (Å²) in [4.78, 5) is 2.26. The summed E-state index contributed by atoms with van der Waals surface area (Å²) in [5.74, 6) is 2.52. The Morgan fingerprint density at radius 2 is 1.32 bits per heavy atom. The molecule has 0 saturated carbocycles. The Hall–Kier alpha value is -2.76. The van der Waals surface area contributed by atoms with Crippen molar-refractivity contribution in [3.05, 3.63) is 58.3 Å². The Bertz CT molecular complexity index is 762. The molecule has 3 aromatic rings. The van der Waals surface area contributed by atoms with E-state index in [1.165, 1.54) is 0 Å². The highest BCUT2D eigenvalue weighted by atomic mass is 16.5. The minimum Gasteiger partial charge on any atom is -0.497 e. The van der Waals surface area contributed by atoms with E-state index in [2.05, 4.69) is 27.3 Å². The summed E-state index contributed by atoms with van der Waals surface area (Å²) in [6, 6.07) is 8.02. The average Bonchev–Trinajstić information content (AvgIpc) is 3.11. The van der Waals surface area contributed by atoms with Gasteiger partial charge in [-0.3, -0.25) is 0 Å². The van der Waals surface area contributed by atoms with Crippen molar-refractivity contribution in [1.82, 2.24) is 10.3 Å². The first-order valence-corrected chi connectivity index (χ1v) is 8.22. The van der Waals surface area contributed by atoms with Crippen LogP contribution in [0, 0.1) is 27.7 Å². The molecule has 0 amide bonds. The number of ether oxygens (including phenoxy) is 1. The quantitative estimate of drug-likeness (QED) is 0.672. The van der Waals surface area contributed by atoms with Crippen LogP contribution in [-0.4, -0.2) is 17.4 Å². The van der Waals surface area contributed by atoms with E-state index in [4.69, 9.17) is 13.8 Å². The van der Waals surface area contributed by atoms with Gasteiger partial charge in [-0.25, -0.2) is 0 Å². The van der Waals surface area contributed by atoms with Crippen molar-refractivity contribution in [2.75, 3.05) is 12.0 Å². The first-order chi connectivity index (χ1) is 12.0. The van der Waals surface area contributed by atoms with Gasteiger partial charge >= 0.3 is 0 Å². The number of benzene rings is 1. The highest BCUT2D eigenvalue weighted by Crippen LogP contribution is 2.26. The predicted molar refractivity (Wildman–Crippen MR) is 94.8 cm³/mol. The number of aryl methyl sites for hydroxylation is 4. The molecule has 0 N–H and O–H groups in total. The molecule has 0 fully saturated rings. The summed E-state index contributed by atoms with van der Waals surface area (Å²) in [7, 11) is 1.67. The van der Waals surface area contributed by atoms with Crippen LogP contribution in [0.25, 0.3) is 0 Å². The Labute approximate surface area is 147 Å². The molecule has 0 bridgehead atoms. The molecule has 3 rings (SSSR count). The van der Waals surface area contributed by atoms with Crippen LogP contribution in [-0.2, 0) is 13.1 Å². The second kappa shape index (κ2) is 7.01. The molecular weight excluding hydrogens is 318 g/mol. The lowest BCUT2D eigenvalue weighted by Crippen LogP contribution is -2.23. The molecule has 0 aliphatic rings. The zero-order valence-corrected chi connectivity index (χ0v) is 15.3. The van der Waals surface area contributed by atoms with Gasteiger partial charge in [-0.2, -0.15) is 0 Å². The molecule has 0 saturated heterocycles. The van der Waals surface area contributed by atoms with Crippen LogP contribution >= 0.6 is 0 Å². The average molecular weight is 341 g/mol. The summed E-state index contributed by atoms with van der Waals surface area (Å²) < 4.78 is 15.9. The molecule has 0 aliphatic carbocycles. The van der Waals surface area contributed by atoms with Gasteiger partial charge in [-0.15, -0.1) is 0 Å². The van der Waals surface area contributed by atoms with Crippen LogP contribution in [0.3, 0.4) is 0 Å². The molecule has 0 atom stereocenters. The summed E-state index contributed by atoms with van der Waals surface area (Å²) in [5.41, 5.74) is 5.11. The minimum absolute atomic E-state index is 0.692. The van der Waals surface area contributed by atoms with Crippen molar-refractivity contribution in [2.24, 2.45) is 0 Å². The van der Waals surface area contributed by atoms with E-state index in [1.807, 2.05) is 39.8 Å². The number of hydrogen-bond acceptors (Lipinski definition) is 6. The fraction of sp³-hybridized carbons (Fsp3) is 0.368. The van der Waals surface area contributed by atoms with Crippen LogP contribution in [0.5, 0.6) is 5.75 Å². The molecule has 0 radical (unpaired) electrons. The molecule has 0 unspecified atom stereocenters. The minimum atomic E-state index is 0.692. The van der Waals surface area contributed by atoms with Gasteiger partial charge in [0.15, 0.2) is 0 Å². The highest BCUT2D eigenvalue weighted by Gasteiger charge is 2.18. The molecule has 25 heavy (non-hydrogen) atoms. The van der Waals surface area contributed by atoms with Gasteiger partial charge in [0.25, 0.3) is 0 Å². The van der Waals surface area contributed by atoms with Crippen molar-refractivity contribution in [3.63, 3.8) is 0 Å². The number of hydrogen-bond donors (Lipinski definition) is 0. The Kier molecular flexibility index (Phi) is 4.79. The summed E-state index contributed by atoms with van der Waals surface area (Å²) in [6.45, 7) is 9.20. The third-order valence-electron chi connectivity index (χ3n) is 4.50. The van der Waals surface area contributed by atoms with Crippen molar-refractivity contribution >= 4 is 5.69 Å². The summed E-state index contributed by atoms with van der Waals surface area (Å²) >= 11 is 0. The molecule has 0 spiro atoms. The van der Waals surface area contributed by atoms with Crippen LogP contribution in [0.15, 0.2) is 33.3 Å². The molecular formula is C19H23N3O3. The lowest BCUT2D eigenvalue weighted by Gasteiger charge is -2.25. The fourth-order valence-corrected chi connectivity index (χ4v) is 2.87. The van der Waals surface area contributed by atoms with E-state index in [9.17, 15) is 0 Å². The zero-order chi connectivity index (χ0) is 18.0. The van der Waals surface area contributed by atoms with Gasteiger partial charge in [-0.1, -0.05) is 10.3 Å². The van der Waals surface area contributed by atoms with Gasteiger partial charge in [0.2, 0.25) is 0 Å². The third kappa shape index (κ3) is 3.52. The predicted octanol–water partition coefficient (Wildman–Crippen LogP) is 4.11. The Balaban J connectivity index is 1.95. The van der Waals surface area contributed by atoms with Crippen LogP contribution in [0.4, 0.5) is 5.69 Å². The van der Waals surface area contributed by atoms with Crippen LogP contribution in [0.1, 0.15) is 34.0 Å². The van der Waals surface area contributed by atoms with Gasteiger partial charge in [0.05, 0.1) is 18.5 Å². The normalized spacial score (nSPS) is 10.9. The monoisotopic (exact) mass is 341 g/mol. The van der Waals surface area contributed by atoms with Crippen molar-refractivity contribution in [1.29, 1.82) is 0 Å². The third-order valence-corrected chi connectivity index (χ3v) is 4.50. The van der Waals surface area contributed by atoms with Crippen molar-refractivity contribution in [2.45, 2.75) is 40.8 Å². The second-order valence-corrected chi connectivity index (χ2v) is 6.16. The summed E-state index contributed by atoms with van der Waals surface area (Å²) in [6.07, 6.45) is 0.